The van der Waals surface area contributed by atoms with Crippen molar-refractivity contribution in [3.05, 3.63) is 24.0 Å². The van der Waals surface area contributed by atoms with Crippen molar-refractivity contribution in [1.29, 1.82) is 0 Å². The summed E-state index contributed by atoms with van der Waals surface area (Å²) in [6.45, 7) is 3.01. The minimum absolute atomic E-state index is 0.733. The first-order chi connectivity index (χ1) is 12.9. The fourth-order valence-electron chi connectivity index (χ4n) is 4.09. The Kier molecular flexibility index (Phi) is 6.07. The van der Waals surface area contributed by atoms with Crippen LogP contribution in [0.1, 0.15) is 57.2 Å². The summed E-state index contributed by atoms with van der Waals surface area (Å²) in [6.07, 6.45) is 11.9. The van der Waals surface area contributed by atoms with Gasteiger partial charge in [0, 0.05) is 43.8 Å². The maximum absolute atomic E-state index is 4.72. The Morgan fingerprint density at radius 2 is 1.65 bits per heavy atom. The number of benzene rings is 1. The molecule has 0 spiro atoms. The summed E-state index contributed by atoms with van der Waals surface area (Å²) in [5.41, 5.74) is 3.37. The van der Waals surface area contributed by atoms with Gasteiger partial charge in [-0.25, -0.2) is 4.98 Å². The van der Waals surface area contributed by atoms with Crippen LogP contribution in [-0.2, 0) is 6.42 Å². The van der Waals surface area contributed by atoms with Crippen molar-refractivity contribution in [2.75, 3.05) is 25.0 Å². The van der Waals surface area contributed by atoms with E-state index in [1.807, 2.05) is 0 Å². The lowest BCUT2D eigenvalue weighted by atomic mass is 9.93. The first-order valence-electron chi connectivity index (χ1n) is 10.6. The summed E-state index contributed by atoms with van der Waals surface area (Å²) in [6, 6.07) is 7.92. The summed E-state index contributed by atoms with van der Waals surface area (Å²) in [5, 5.41) is 10.8. The molecule has 2 aromatic rings. The highest BCUT2D eigenvalue weighted by molar-refractivity contribution is 5.79. The molecule has 0 unspecified atom stereocenters. The Balaban J connectivity index is 1.22. The van der Waals surface area contributed by atoms with Crippen molar-refractivity contribution in [3.8, 4) is 0 Å². The third-order valence-corrected chi connectivity index (χ3v) is 5.92. The zero-order chi connectivity index (χ0) is 17.6. The van der Waals surface area contributed by atoms with Crippen LogP contribution in [0.2, 0.25) is 0 Å². The molecule has 2 aliphatic carbocycles. The molecule has 0 radical (unpaired) electrons. The van der Waals surface area contributed by atoms with E-state index in [2.05, 4.69) is 39.1 Å². The second kappa shape index (κ2) is 8.87. The molecule has 4 N–H and O–H groups in total. The fourth-order valence-corrected chi connectivity index (χ4v) is 4.09. The van der Waals surface area contributed by atoms with Crippen LogP contribution in [0.5, 0.6) is 0 Å². The van der Waals surface area contributed by atoms with Gasteiger partial charge < -0.3 is 20.9 Å². The summed E-state index contributed by atoms with van der Waals surface area (Å²) in [5.74, 6) is 1.09. The van der Waals surface area contributed by atoms with E-state index in [0.29, 0.717) is 0 Å². The van der Waals surface area contributed by atoms with Gasteiger partial charge in [0.2, 0.25) is 0 Å². The first-order valence-corrected chi connectivity index (χ1v) is 10.6. The number of aromatic amines is 1. The highest BCUT2D eigenvalue weighted by Crippen LogP contribution is 2.19. The van der Waals surface area contributed by atoms with E-state index in [4.69, 9.17) is 4.98 Å². The topological polar surface area (TPSA) is 64.8 Å². The average Bonchev–Trinajstić information content (AvgIpc) is 3.04. The predicted octanol–water partition coefficient (Wildman–Crippen LogP) is 3.58. The van der Waals surface area contributed by atoms with Gasteiger partial charge in [-0.1, -0.05) is 25.7 Å². The lowest BCUT2D eigenvalue weighted by Gasteiger charge is -2.26. The molecule has 0 aliphatic heterocycles. The van der Waals surface area contributed by atoms with Gasteiger partial charge in [-0.15, -0.1) is 0 Å². The highest BCUT2D eigenvalue weighted by Gasteiger charge is 2.16. The second-order valence-corrected chi connectivity index (χ2v) is 7.96. The molecule has 2 fully saturated rings. The third-order valence-electron chi connectivity index (χ3n) is 5.92. The van der Waals surface area contributed by atoms with Gasteiger partial charge in [0.05, 0.1) is 11.0 Å². The average molecular weight is 356 g/mol. The molecule has 0 amide bonds. The Morgan fingerprint density at radius 1 is 0.885 bits per heavy atom. The number of nitrogens with one attached hydrogen (secondary N) is 4. The molecule has 1 aromatic heterocycles. The van der Waals surface area contributed by atoms with Gasteiger partial charge in [0.15, 0.2) is 0 Å². The summed E-state index contributed by atoms with van der Waals surface area (Å²) in [4.78, 5) is 8.20. The lowest BCUT2D eigenvalue weighted by molar-refractivity contribution is 0.341. The highest BCUT2D eigenvalue weighted by atomic mass is 15.0. The molecule has 26 heavy (non-hydrogen) atoms. The van der Waals surface area contributed by atoms with E-state index < -0.39 is 0 Å². The van der Waals surface area contributed by atoms with E-state index in [0.717, 1.165) is 55.0 Å². The van der Waals surface area contributed by atoms with Crippen LogP contribution in [0.25, 0.3) is 11.0 Å². The minimum Gasteiger partial charge on any atom is -0.384 e. The number of fused-ring (bicyclic) bond motifs is 1. The minimum atomic E-state index is 0.733. The molecule has 4 rings (SSSR count). The zero-order valence-corrected chi connectivity index (χ0v) is 15.8. The molecule has 142 valence electrons. The van der Waals surface area contributed by atoms with E-state index in [1.165, 1.54) is 57.1 Å². The second-order valence-electron chi connectivity index (χ2n) is 7.96. The van der Waals surface area contributed by atoms with Gasteiger partial charge in [-0.2, -0.15) is 0 Å². The van der Waals surface area contributed by atoms with Crippen LogP contribution in [0.4, 0.5) is 5.69 Å². The van der Waals surface area contributed by atoms with Crippen molar-refractivity contribution in [1.82, 2.24) is 20.6 Å². The largest absolute Gasteiger partial charge is 0.384 e. The quantitative estimate of drug-likeness (QED) is 0.519. The number of hydrogen-bond donors (Lipinski definition) is 4. The molecule has 2 aliphatic rings. The van der Waals surface area contributed by atoms with Crippen LogP contribution in [0.15, 0.2) is 18.2 Å². The normalized spacial score (nSPS) is 18.9. The molecule has 2 saturated carbocycles. The Bertz CT molecular complexity index is 685. The summed E-state index contributed by atoms with van der Waals surface area (Å²) < 4.78 is 0. The Hall–Kier alpha value is -1.59. The van der Waals surface area contributed by atoms with E-state index in [-0.39, 0.29) is 0 Å². The monoisotopic (exact) mass is 355 g/mol. The van der Waals surface area contributed by atoms with Gasteiger partial charge in [-0.05, 0) is 43.9 Å². The first kappa shape index (κ1) is 17.8. The van der Waals surface area contributed by atoms with Crippen molar-refractivity contribution < 1.29 is 0 Å². The zero-order valence-electron chi connectivity index (χ0n) is 15.8. The van der Waals surface area contributed by atoms with Gasteiger partial charge in [0.25, 0.3) is 0 Å². The number of imidazole rings is 1. The smallest absolute Gasteiger partial charge is 0.108 e. The van der Waals surface area contributed by atoms with Crippen LogP contribution in [-0.4, -0.2) is 41.7 Å². The molecule has 1 heterocycles. The summed E-state index contributed by atoms with van der Waals surface area (Å²) in [7, 11) is 0. The number of anilines is 1. The molecule has 5 nitrogen and oxygen atoms in total. The van der Waals surface area contributed by atoms with Crippen LogP contribution in [0.3, 0.4) is 0 Å². The Morgan fingerprint density at radius 3 is 2.42 bits per heavy atom. The van der Waals surface area contributed by atoms with E-state index in [1.54, 1.807) is 0 Å². The number of aromatic nitrogens is 2. The lowest BCUT2D eigenvalue weighted by Crippen LogP contribution is -2.36. The number of nitrogens with zero attached hydrogens (tertiary/aromatic N) is 1. The molecular weight excluding hydrogens is 322 g/mol. The van der Waals surface area contributed by atoms with Gasteiger partial charge in [-0.3, -0.25) is 0 Å². The molecular formula is C21H33N5. The molecule has 0 saturated heterocycles. The predicted molar refractivity (Wildman–Crippen MR) is 109 cm³/mol. The molecule has 1 aromatic carbocycles. The van der Waals surface area contributed by atoms with Crippen LogP contribution in [0, 0.1) is 0 Å². The van der Waals surface area contributed by atoms with Crippen LogP contribution >= 0.6 is 0 Å². The fraction of sp³-hybridized carbons (Fsp3) is 0.667. The van der Waals surface area contributed by atoms with E-state index >= 15 is 0 Å². The Labute approximate surface area is 156 Å². The molecule has 0 bridgehead atoms. The number of rotatable bonds is 9. The van der Waals surface area contributed by atoms with Gasteiger partial charge >= 0.3 is 0 Å². The SMILES string of the molecule is c1cc2nc(CCNC3CCC3)[nH]c2cc1NCCNC1CCCCC1. The van der Waals surface area contributed by atoms with Gasteiger partial charge in [0.1, 0.15) is 5.82 Å². The molecule has 0 atom stereocenters. The van der Waals surface area contributed by atoms with Crippen molar-refractivity contribution in [3.63, 3.8) is 0 Å². The summed E-state index contributed by atoms with van der Waals surface area (Å²) >= 11 is 0. The van der Waals surface area contributed by atoms with Crippen molar-refractivity contribution >= 4 is 16.7 Å². The molecule has 5 heteroatoms. The standard InChI is InChI=1S/C21H33N5/c1-2-5-16(6-3-1)23-13-14-24-18-9-10-19-20(15-18)26-21(25-19)11-12-22-17-7-4-8-17/h9-10,15-17,22-24H,1-8,11-14H2,(H,25,26). The maximum atomic E-state index is 4.72. The third kappa shape index (κ3) is 4.77. The maximum Gasteiger partial charge on any atom is 0.108 e. The van der Waals surface area contributed by atoms with Crippen LogP contribution < -0.4 is 16.0 Å². The number of H-pyrrole nitrogens is 1. The van der Waals surface area contributed by atoms with Crippen molar-refractivity contribution in [2.24, 2.45) is 0 Å². The van der Waals surface area contributed by atoms with E-state index in [9.17, 15) is 0 Å². The van der Waals surface area contributed by atoms with Crippen molar-refractivity contribution in [2.45, 2.75) is 69.9 Å². The number of hydrogen-bond acceptors (Lipinski definition) is 4.